The van der Waals surface area contributed by atoms with Gasteiger partial charge in [0.2, 0.25) is 0 Å². The Morgan fingerprint density at radius 1 is 1.10 bits per heavy atom. The molecule has 0 fully saturated rings. The first-order chi connectivity index (χ1) is 10.1. The van der Waals surface area contributed by atoms with Gasteiger partial charge in [0.05, 0.1) is 5.52 Å². The fraction of sp³-hybridized carbons (Fsp3) is 0.111. The number of aromatic nitrogens is 1. The number of nitrogens with two attached hydrogens (primary N) is 1. The van der Waals surface area contributed by atoms with Gasteiger partial charge in [-0.2, -0.15) is 0 Å². The summed E-state index contributed by atoms with van der Waals surface area (Å²) < 4.78 is 0. The Hall–Kier alpha value is -2.68. The SMILES string of the molecule is Cc1ccc(CC(=O)c2cc(N)c3ccccc3n2)cc1. The second-order valence-corrected chi connectivity index (χ2v) is 5.20. The number of ketones is 1. The fourth-order valence-electron chi connectivity index (χ4n) is 2.33. The second kappa shape index (κ2) is 5.37. The lowest BCUT2D eigenvalue weighted by Crippen LogP contribution is -2.07. The van der Waals surface area contributed by atoms with Crippen molar-refractivity contribution < 1.29 is 4.79 Å². The Morgan fingerprint density at radius 2 is 1.81 bits per heavy atom. The predicted molar refractivity (Wildman–Crippen MR) is 85.4 cm³/mol. The van der Waals surface area contributed by atoms with Crippen LogP contribution in [0.25, 0.3) is 10.9 Å². The molecule has 3 nitrogen and oxygen atoms in total. The topological polar surface area (TPSA) is 56.0 Å². The first kappa shape index (κ1) is 13.3. The number of hydrogen-bond donors (Lipinski definition) is 1. The van der Waals surface area contributed by atoms with Crippen molar-refractivity contribution in [1.29, 1.82) is 0 Å². The molecule has 2 N–H and O–H groups in total. The molecule has 104 valence electrons. The lowest BCUT2D eigenvalue weighted by Gasteiger charge is -2.06. The van der Waals surface area contributed by atoms with Gasteiger partial charge in [-0.3, -0.25) is 4.79 Å². The van der Waals surface area contributed by atoms with E-state index in [2.05, 4.69) is 4.98 Å². The number of benzene rings is 2. The minimum absolute atomic E-state index is 0.0173. The standard InChI is InChI=1S/C18H16N2O/c1-12-6-8-13(9-7-12)10-18(21)17-11-15(19)14-4-2-3-5-16(14)20-17/h2-9,11H,10H2,1H3,(H2,19,20). The van der Waals surface area contributed by atoms with Gasteiger partial charge >= 0.3 is 0 Å². The number of nitrogen functional groups attached to an aromatic ring is 1. The molecule has 0 radical (unpaired) electrons. The molecule has 1 aromatic heterocycles. The van der Waals surface area contributed by atoms with Crippen LogP contribution in [0.15, 0.2) is 54.6 Å². The van der Waals surface area contributed by atoms with Crippen molar-refractivity contribution in [2.75, 3.05) is 5.73 Å². The van der Waals surface area contributed by atoms with Gasteiger partial charge in [0.1, 0.15) is 5.69 Å². The number of anilines is 1. The van der Waals surface area contributed by atoms with Crippen LogP contribution in [0.3, 0.4) is 0 Å². The van der Waals surface area contributed by atoms with E-state index >= 15 is 0 Å². The van der Waals surface area contributed by atoms with E-state index < -0.39 is 0 Å². The maximum atomic E-state index is 12.4. The van der Waals surface area contributed by atoms with Gasteiger partial charge < -0.3 is 5.73 Å². The summed E-state index contributed by atoms with van der Waals surface area (Å²) in [5, 5.41) is 0.879. The number of pyridine rings is 1. The molecule has 1 heterocycles. The van der Waals surface area contributed by atoms with Gasteiger partial charge in [0.15, 0.2) is 5.78 Å². The van der Waals surface area contributed by atoms with E-state index in [1.807, 2.05) is 55.5 Å². The number of carbonyl (C=O) groups is 1. The smallest absolute Gasteiger partial charge is 0.185 e. The molecule has 0 saturated carbocycles. The summed E-state index contributed by atoms with van der Waals surface area (Å²) in [6.07, 6.45) is 0.338. The first-order valence-electron chi connectivity index (χ1n) is 6.87. The number of nitrogens with zero attached hydrogens (tertiary/aromatic N) is 1. The van der Waals surface area contributed by atoms with Crippen LogP contribution >= 0.6 is 0 Å². The molecule has 0 amide bonds. The summed E-state index contributed by atoms with van der Waals surface area (Å²) >= 11 is 0. The maximum Gasteiger partial charge on any atom is 0.185 e. The highest BCUT2D eigenvalue weighted by molar-refractivity contribution is 6.01. The number of carbonyl (C=O) groups excluding carboxylic acids is 1. The molecule has 0 saturated heterocycles. The molecule has 0 unspecified atom stereocenters. The number of hydrogen-bond acceptors (Lipinski definition) is 3. The van der Waals surface area contributed by atoms with Gasteiger partial charge in [0, 0.05) is 17.5 Å². The van der Waals surface area contributed by atoms with E-state index in [1.165, 1.54) is 5.56 Å². The van der Waals surface area contributed by atoms with Crippen molar-refractivity contribution >= 4 is 22.4 Å². The molecule has 0 aliphatic heterocycles. The van der Waals surface area contributed by atoms with Crippen molar-refractivity contribution in [1.82, 2.24) is 4.98 Å². The van der Waals surface area contributed by atoms with Crippen molar-refractivity contribution in [2.24, 2.45) is 0 Å². The normalized spacial score (nSPS) is 10.7. The van der Waals surface area contributed by atoms with Gasteiger partial charge in [-0.1, -0.05) is 48.0 Å². The minimum atomic E-state index is -0.0173. The molecule has 0 bridgehead atoms. The molecule has 0 atom stereocenters. The molecular weight excluding hydrogens is 260 g/mol. The van der Waals surface area contributed by atoms with Crippen LogP contribution in [0.5, 0.6) is 0 Å². The summed E-state index contributed by atoms with van der Waals surface area (Å²) in [7, 11) is 0. The summed E-state index contributed by atoms with van der Waals surface area (Å²) in [6.45, 7) is 2.02. The molecule has 2 aromatic carbocycles. The summed E-state index contributed by atoms with van der Waals surface area (Å²) in [5.74, 6) is -0.0173. The molecular formula is C18H16N2O. The monoisotopic (exact) mass is 276 g/mol. The van der Waals surface area contributed by atoms with Crippen LogP contribution in [-0.2, 0) is 6.42 Å². The average molecular weight is 276 g/mol. The minimum Gasteiger partial charge on any atom is -0.398 e. The fourth-order valence-corrected chi connectivity index (χ4v) is 2.33. The van der Waals surface area contributed by atoms with Crippen LogP contribution in [0.2, 0.25) is 0 Å². The van der Waals surface area contributed by atoms with Crippen LogP contribution in [0, 0.1) is 6.92 Å². The molecule has 3 rings (SSSR count). The predicted octanol–water partition coefficient (Wildman–Crippen LogP) is 3.55. The zero-order valence-corrected chi connectivity index (χ0v) is 11.8. The molecule has 3 heteroatoms. The third-order valence-corrected chi connectivity index (χ3v) is 3.52. The first-order valence-corrected chi connectivity index (χ1v) is 6.87. The number of fused-ring (bicyclic) bond motifs is 1. The van der Waals surface area contributed by atoms with E-state index in [1.54, 1.807) is 6.07 Å². The summed E-state index contributed by atoms with van der Waals surface area (Å²) in [5.41, 5.74) is 9.95. The highest BCUT2D eigenvalue weighted by atomic mass is 16.1. The van der Waals surface area contributed by atoms with E-state index in [4.69, 9.17) is 5.73 Å². The van der Waals surface area contributed by atoms with E-state index in [0.717, 1.165) is 16.5 Å². The molecule has 0 spiro atoms. The van der Waals surface area contributed by atoms with E-state index in [0.29, 0.717) is 17.8 Å². The van der Waals surface area contributed by atoms with Crippen molar-refractivity contribution in [2.45, 2.75) is 13.3 Å². The van der Waals surface area contributed by atoms with Gasteiger partial charge in [-0.15, -0.1) is 0 Å². The van der Waals surface area contributed by atoms with Gasteiger partial charge in [-0.05, 0) is 24.6 Å². The number of Topliss-reactive ketones (excluding diaryl/α,β-unsaturated/α-hetero) is 1. The van der Waals surface area contributed by atoms with Gasteiger partial charge in [0.25, 0.3) is 0 Å². The second-order valence-electron chi connectivity index (χ2n) is 5.20. The van der Waals surface area contributed by atoms with E-state index in [-0.39, 0.29) is 5.78 Å². The van der Waals surface area contributed by atoms with Crippen LogP contribution < -0.4 is 5.73 Å². The Bertz CT molecular complexity index is 807. The van der Waals surface area contributed by atoms with Crippen molar-refractivity contribution in [3.8, 4) is 0 Å². The average Bonchev–Trinajstić information content (AvgIpc) is 2.49. The summed E-state index contributed by atoms with van der Waals surface area (Å²) in [6, 6.07) is 17.2. The number of aryl methyl sites for hydroxylation is 1. The van der Waals surface area contributed by atoms with Crippen LogP contribution in [-0.4, -0.2) is 10.8 Å². The molecule has 3 aromatic rings. The zero-order chi connectivity index (χ0) is 14.8. The Balaban J connectivity index is 1.92. The number of para-hydroxylation sites is 1. The summed E-state index contributed by atoms with van der Waals surface area (Å²) in [4.78, 5) is 16.8. The third-order valence-electron chi connectivity index (χ3n) is 3.52. The van der Waals surface area contributed by atoms with Gasteiger partial charge in [-0.25, -0.2) is 4.98 Å². The Labute approximate surface area is 123 Å². The van der Waals surface area contributed by atoms with Crippen LogP contribution in [0.1, 0.15) is 21.6 Å². The molecule has 0 aliphatic carbocycles. The Morgan fingerprint density at radius 3 is 2.57 bits per heavy atom. The Kier molecular flexibility index (Phi) is 3.40. The highest BCUT2D eigenvalue weighted by Crippen LogP contribution is 2.21. The van der Waals surface area contributed by atoms with E-state index in [9.17, 15) is 4.79 Å². The maximum absolute atomic E-state index is 12.4. The largest absolute Gasteiger partial charge is 0.398 e. The molecule has 21 heavy (non-hydrogen) atoms. The lowest BCUT2D eigenvalue weighted by molar-refractivity contribution is 0.0988. The quantitative estimate of drug-likeness (QED) is 0.744. The third kappa shape index (κ3) is 2.77. The van der Waals surface area contributed by atoms with Crippen molar-refractivity contribution in [3.63, 3.8) is 0 Å². The molecule has 0 aliphatic rings. The zero-order valence-electron chi connectivity index (χ0n) is 11.8. The lowest BCUT2D eigenvalue weighted by atomic mass is 10.0. The highest BCUT2D eigenvalue weighted by Gasteiger charge is 2.11. The van der Waals surface area contributed by atoms with Crippen molar-refractivity contribution in [3.05, 3.63) is 71.4 Å². The number of rotatable bonds is 3. The van der Waals surface area contributed by atoms with Crippen LogP contribution in [0.4, 0.5) is 5.69 Å².